The Bertz CT molecular complexity index is 707. The Morgan fingerprint density at radius 3 is 2.36 bits per heavy atom. The maximum absolute atomic E-state index is 12.7. The number of piperidine rings is 1. The zero-order chi connectivity index (χ0) is 18.1. The van der Waals surface area contributed by atoms with Gasteiger partial charge in [-0.3, -0.25) is 14.4 Å². The fourth-order valence-corrected chi connectivity index (χ4v) is 3.62. The van der Waals surface area contributed by atoms with Gasteiger partial charge in [-0.05, 0) is 49.9 Å². The van der Waals surface area contributed by atoms with Crippen LogP contribution in [0.1, 0.15) is 30.4 Å². The first-order valence-corrected chi connectivity index (χ1v) is 8.76. The van der Waals surface area contributed by atoms with Crippen LogP contribution in [0.2, 0.25) is 0 Å². The van der Waals surface area contributed by atoms with E-state index in [1.807, 2.05) is 32.0 Å². The van der Waals surface area contributed by atoms with Crippen LogP contribution in [0.4, 0.5) is 5.69 Å². The number of carboxylic acids is 1. The predicted octanol–water partition coefficient (Wildman–Crippen LogP) is 1.98. The van der Waals surface area contributed by atoms with Crippen molar-refractivity contribution in [1.82, 2.24) is 4.90 Å². The molecule has 1 N–H and O–H groups in total. The molecule has 2 amide bonds. The number of aliphatic carboxylic acids is 1. The molecule has 2 aliphatic heterocycles. The number of anilines is 1. The lowest BCUT2D eigenvalue weighted by atomic mass is 9.95. The molecule has 2 fully saturated rings. The molecule has 134 valence electrons. The van der Waals surface area contributed by atoms with Crippen LogP contribution in [0.3, 0.4) is 0 Å². The Morgan fingerprint density at radius 2 is 1.76 bits per heavy atom. The second-order valence-electron chi connectivity index (χ2n) is 7.11. The summed E-state index contributed by atoms with van der Waals surface area (Å²) >= 11 is 0. The second-order valence-corrected chi connectivity index (χ2v) is 7.11. The molecule has 1 unspecified atom stereocenters. The highest BCUT2D eigenvalue weighted by molar-refractivity contribution is 6.00. The molecule has 0 aliphatic carbocycles. The minimum atomic E-state index is -0.788. The molecule has 0 bridgehead atoms. The SMILES string of the molecule is Cc1ccc(N2CC(C(=O)N3CCC(C(=O)O)CC3)CC2=O)cc1C. The van der Waals surface area contributed by atoms with Crippen LogP contribution in [-0.4, -0.2) is 47.4 Å². The molecular weight excluding hydrogens is 320 g/mol. The maximum Gasteiger partial charge on any atom is 0.306 e. The van der Waals surface area contributed by atoms with E-state index in [1.54, 1.807) is 9.80 Å². The van der Waals surface area contributed by atoms with Gasteiger partial charge < -0.3 is 14.9 Å². The van der Waals surface area contributed by atoms with E-state index in [-0.39, 0.29) is 30.1 Å². The molecule has 2 saturated heterocycles. The third-order valence-corrected chi connectivity index (χ3v) is 5.43. The van der Waals surface area contributed by atoms with Gasteiger partial charge in [0.05, 0.1) is 11.8 Å². The number of hydrogen-bond acceptors (Lipinski definition) is 3. The number of benzene rings is 1. The van der Waals surface area contributed by atoms with E-state index >= 15 is 0 Å². The number of hydrogen-bond donors (Lipinski definition) is 1. The first-order chi connectivity index (χ1) is 11.9. The van der Waals surface area contributed by atoms with Gasteiger partial charge in [-0.1, -0.05) is 6.07 Å². The number of rotatable bonds is 3. The highest BCUT2D eigenvalue weighted by atomic mass is 16.4. The molecule has 0 radical (unpaired) electrons. The standard InChI is InChI=1S/C19H24N2O4/c1-12-3-4-16(9-13(12)2)21-11-15(10-17(21)22)18(23)20-7-5-14(6-8-20)19(24)25/h3-4,9,14-15H,5-8,10-11H2,1-2H3,(H,24,25). The van der Waals surface area contributed by atoms with Gasteiger partial charge in [0.15, 0.2) is 0 Å². The number of nitrogens with zero attached hydrogens (tertiary/aromatic N) is 2. The Labute approximate surface area is 147 Å². The van der Waals surface area contributed by atoms with Crippen molar-refractivity contribution in [2.45, 2.75) is 33.1 Å². The maximum atomic E-state index is 12.7. The molecule has 6 heteroatoms. The third kappa shape index (κ3) is 3.52. The number of carbonyl (C=O) groups excluding carboxylic acids is 2. The Morgan fingerprint density at radius 1 is 1.08 bits per heavy atom. The summed E-state index contributed by atoms with van der Waals surface area (Å²) in [6, 6.07) is 5.90. The summed E-state index contributed by atoms with van der Waals surface area (Å²) in [5.74, 6) is -1.54. The smallest absolute Gasteiger partial charge is 0.306 e. The van der Waals surface area contributed by atoms with E-state index in [2.05, 4.69) is 0 Å². The molecule has 0 spiro atoms. The van der Waals surface area contributed by atoms with Gasteiger partial charge in [0.2, 0.25) is 11.8 Å². The average molecular weight is 344 g/mol. The van der Waals surface area contributed by atoms with Crippen LogP contribution >= 0.6 is 0 Å². The quantitative estimate of drug-likeness (QED) is 0.909. The molecule has 2 aliphatic rings. The third-order valence-electron chi connectivity index (χ3n) is 5.43. The molecule has 2 heterocycles. The monoisotopic (exact) mass is 344 g/mol. The minimum absolute atomic E-state index is 0.0245. The molecule has 1 atom stereocenters. The molecule has 0 aromatic heterocycles. The largest absolute Gasteiger partial charge is 0.481 e. The van der Waals surface area contributed by atoms with Gasteiger partial charge in [-0.15, -0.1) is 0 Å². The van der Waals surface area contributed by atoms with Crippen LogP contribution in [0.25, 0.3) is 0 Å². The van der Waals surface area contributed by atoms with Crippen molar-refractivity contribution in [3.05, 3.63) is 29.3 Å². The van der Waals surface area contributed by atoms with Gasteiger partial charge in [-0.25, -0.2) is 0 Å². The summed E-state index contributed by atoms with van der Waals surface area (Å²) in [4.78, 5) is 39.6. The van der Waals surface area contributed by atoms with Crippen LogP contribution in [0, 0.1) is 25.7 Å². The summed E-state index contributed by atoms with van der Waals surface area (Å²) in [6.07, 6.45) is 1.20. The van der Waals surface area contributed by atoms with Crippen molar-refractivity contribution >= 4 is 23.5 Å². The Kier molecular flexibility index (Phi) is 4.79. The molecule has 1 aromatic rings. The van der Waals surface area contributed by atoms with Crippen LogP contribution in [-0.2, 0) is 14.4 Å². The topological polar surface area (TPSA) is 77.9 Å². The van der Waals surface area contributed by atoms with Crippen molar-refractivity contribution in [1.29, 1.82) is 0 Å². The van der Waals surface area contributed by atoms with E-state index in [4.69, 9.17) is 5.11 Å². The van der Waals surface area contributed by atoms with Gasteiger partial charge in [-0.2, -0.15) is 0 Å². The van der Waals surface area contributed by atoms with E-state index in [0.717, 1.165) is 11.3 Å². The summed E-state index contributed by atoms with van der Waals surface area (Å²) in [7, 11) is 0. The lowest BCUT2D eigenvalue weighted by Gasteiger charge is -2.31. The van der Waals surface area contributed by atoms with Gasteiger partial charge in [0, 0.05) is 31.7 Å². The van der Waals surface area contributed by atoms with E-state index in [0.29, 0.717) is 32.5 Å². The van der Waals surface area contributed by atoms with Gasteiger partial charge in [0.25, 0.3) is 0 Å². The summed E-state index contributed by atoms with van der Waals surface area (Å²) < 4.78 is 0. The fourth-order valence-electron chi connectivity index (χ4n) is 3.62. The van der Waals surface area contributed by atoms with Crippen LogP contribution in [0.5, 0.6) is 0 Å². The van der Waals surface area contributed by atoms with Crippen molar-refractivity contribution < 1.29 is 19.5 Å². The lowest BCUT2D eigenvalue weighted by molar-refractivity contribution is -0.146. The summed E-state index contributed by atoms with van der Waals surface area (Å²) in [6.45, 7) is 5.36. The van der Waals surface area contributed by atoms with E-state index in [1.165, 1.54) is 5.56 Å². The van der Waals surface area contributed by atoms with Crippen molar-refractivity contribution in [3.63, 3.8) is 0 Å². The molecule has 3 rings (SSSR count). The number of aryl methyl sites for hydroxylation is 2. The first-order valence-electron chi connectivity index (χ1n) is 8.76. The lowest BCUT2D eigenvalue weighted by Crippen LogP contribution is -2.43. The van der Waals surface area contributed by atoms with Crippen LogP contribution in [0.15, 0.2) is 18.2 Å². The highest BCUT2D eigenvalue weighted by Gasteiger charge is 2.38. The summed E-state index contributed by atoms with van der Waals surface area (Å²) in [5.41, 5.74) is 3.13. The molecule has 25 heavy (non-hydrogen) atoms. The van der Waals surface area contributed by atoms with Gasteiger partial charge >= 0.3 is 5.97 Å². The summed E-state index contributed by atoms with van der Waals surface area (Å²) in [5, 5.41) is 9.06. The first kappa shape index (κ1) is 17.5. The highest BCUT2D eigenvalue weighted by Crippen LogP contribution is 2.29. The Hall–Kier alpha value is -2.37. The van der Waals surface area contributed by atoms with E-state index < -0.39 is 5.97 Å². The fraction of sp³-hybridized carbons (Fsp3) is 0.526. The zero-order valence-electron chi connectivity index (χ0n) is 14.7. The number of carboxylic acid groups (broad SMARTS) is 1. The zero-order valence-corrected chi connectivity index (χ0v) is 14.7. The predicted molar refractivity (Wildman–Crippen MR) is 93.3 cm³/mol. The number of amides is 2. The van der Waals surface area contributed by atoms with Crippen molar-refractivity contribution in [3.8, 4) is 0 Å². The molecule has 6 nitrogen and oxygen atoms in total. The average Bonchev–Trinajstić information content (AvgIpc) is 2.98. The van der Waals surface area contributed by atoms with Crippen LogP contribution < -0.4 is 4.90 Å². The van der Waals surface area contributed by atoms with Gasteiger partial charge in [0.1, 0.15) is 0 Å². The molecule has 1 aromatic carbocycles. The van der Waals surface area contributed by atoms with Crippen molar-refractivity contribution in [2.75, 3.05) is 24.5 Å². The second kappa shape index (κ2) is 6.86. The normalized spacial score (nSPS) is 21.7. The number of carbonyl (C=O) groups is 3. The molecule has 0 saturated carbocycles. The van der Waals surface area contributed by atoms with Crippen molar-refractivity contribution in [2.24, 2.45) is 11.8 Å². The number of likely N-dealkylation sites (tertiary alicyclic amines) is 1. The Balaban J connectivity index is 1.65. The van der Waals surface area contributed by atoms with E-state index in [9.17, 15) is 14.4 Å². The molecular formula is C19H24N2O4. The minimum Gasteiger partial charge on any atom is -0.481 e.